The second-order valence-electron chi connectivity index (χ2n) is 7.10. The molecule has 1 N–H and O–H groups in total. The van der Waals surface area contributed by atoms with Crippen LogP contribution in [0.25, 0.3) is 5.70 Å². The number of nitrogens with one attached hydrogen (secondary N) is 1. The maximum atomic E-state index is 12.6. The predicted molar refractivity (Wildman–Crippen MR) is 83.6 cm³/mol. The van der Waals surface area contributed by atoms with Crippen LogP contribution in [0.1, 0.15) is 47.2 Å². The number of allylic oxidation sites excluding steroid dienone is 1. The molecule has 1 heterocycles. The molecule has 0 amide bonds. The minimum Gasteiger partial charge on any atom is -0.376 e. The average Bonchev–Trinajstić information content (AvgIpc) is 2.19. The van der Waals surface area contributed by atoms with E-state index < -0.39 is 0 Å². The van der Waals surface area contributed by atoms with Crippen LogP contribution in [-0.4, -0.2) is 10.1 Å². The Balaban J connectivity index is 3.38. The topological polar surface area (TPSA) is 34.0 Å². The van der Waals surface area contributed by atoms with Gasteiger partial charge in [0.1, 0.15) is 5.69 Å². The first-order valence-electron chi connectivity index (χ1n) is 6.64. The van der Waals surface area contributed by atoms with E-state index in [1.54, 1.807) is 4.57 Å². The molecule has 1 aromatic heterocycles. The molecule has 0 saturated carbocycles. The van der Waals surface area contributed by atoms with Crippen LogP contribution in [0.5, 0.6) is 0 Å². The molecule has 0 aromatic carbocycles. The van der Waals surface area contributed by atoms with Gasteiger partial charge in [-0.1, -0.05) is 27.4 Å². The van der Waals surface area contributed by atoms with Crippen molar-refractivity contribution in [2.24, 2.45) is 5.41 Å². The molecule has 0 radical (unpaired) electrons. The van der Waals surface area contributed by atoms with Crippen molar-refractivity contribution in [3.8, 4) is 0 Å². The molecular weight excluding hydrogens is 236 g/mol. The first-order chi connectivity index (χ1) is 8.43. The van der Waals surface area contributed by atoms with E-state index in [2.05, 4.69) is 32.7 Å². The maximum Gasteiger partial charge on any atom is 0.278 e. The van der Waals surface area contributed by atoms with E-state index >= 15 is 0 Å². The quantitative estimate of drug-likeness (QED) is 0.877. The van der Waals surface area contributed by atoms with Gasteiger partial charge in [0.05, 0.1) is 0 Å². The molecule has 1 rings (SSSR count). The summed E-state index contributed by atoms with van der Waals surface area (Å²) in [5.41, 5.74) is 2.01. The highest BCUT2D eigenvalue weighted by molar-refractivity contribution is 5.54. The van der Waals surface area contributed by atoms with Gasteiger partial charge in [-0.2, -0.15) is 0 Å². The Morgan fingerprint density at radius 2 is 1.68 bits per heavy atom. The van der Waals surface area contributed by atoms with E-state index in [0.29, 0.717) is 5.69 Å². The van der Waals surface area contributed by atoms with Crippen LogP contribution in [-0.2, 0) is 0 Å². The molecule has 0 spiro atoms. The molecule has 0 saturated heterocycles. The van der Waals surface area contributed by atoms with Gasteiger partial charge in [-0.3, -0.25) is 9.36 Å². The van der Waals surface area contributed by atoms with Crippen molar-refractivity contribution in [1.82, 2.24) is 4.57 Å². The van der Waals surface area contributed by atoms with Crippen LogP contribution in [0.2, 0.25) is 0 Å². The van der Waals surface area contributed by atoms with Gasteiger partial charge in [0, 0.05) is 22.3 Å². The Labute approximate surface area is 116 Å². The van der Waals surface area contributed by atoms with Crippen molar-refractivity contribution in [3.63, 3.8) is 0 Å². The van der Waals surface area contributed by atoms with E-state index in [-0.39, 0.29) is 16.5 Å². The third kappa shape index (κ3) is 3.72. The Bertz CT molecular complexity index is 539. The zero-order valence-corrected chi connectivity index (χ0v) is 13.2. The van der Waals surface area contributed by atoms with Gasteiger partial charge in [0.15, 0.2) is 0 Å². The number of pyridine rings is 1. The van der Waals surface area contributed by atoms with E-state index in [4.69, 9.17) is 0 Å². The Morgan fingerprint density at radius 1 is 1.16 bits per heavy atom. The largest absolute Gasteiger partial charge is 0.376 e. The standard InChI is InChI=1S/C16H26N2O/c1-11-9-10-13(17-16(6,7)8)14(19)18(11)12(2)15(3,4)5/h9-10,17H,2H2,1,3-8H3. The van der Waals surface area contributed by atoms with Crippen molar-refractivity contribution >= 4 is 11.4 Å². The Morgan fingerprint density at radius 3 is 2.11 bits per heavy atom. The van der Waals surface area contributed by atoms with Gasteiger partial charge in [-0.05, 0) is 39.8 Å². The molecule has 3 heteroatoms. The number of nitrogens with zero attached hydrogens (tertiary/aromatic N) is 1. The SMILES string of the molecule is C=C(n1c(C)ccc(NC(C)(C)C)c1=O)C(C)(C)C. The molecule has 0 aliphatic heterocycles. The second kappa shape index (κ2) is 4.87. The molecule has 106 valence electrons. The normalized spacial score (nSPS) is 12.4. The van der Waals surface area contributed by atoms with Crippen molar-refractivity contribution in [1.29, 1.82) is 0 Å². The number of aromatic nitrogens is 1. The fourth-order valence-corrected chi connectivity index (χ4v) is 1.80. The zero-order valence-electron chi connectivity index (χ0n) is 13.2. The minimum atomic E-state index is -0.144. The summed E-state index contributed by atoms with van der Waals surface area (Å²) < 4.78 is 1.70. The highest BCUT2D eigenvalue weighted by atomic mass is 16.1. The lowest BCUT2D eigenvalue weighted by Crippen LogP contribution is -2.34. The summed E-state index contributed by atoms with van der Waals surface area (Å²) in [4.78, 5) is 12.6. The molecule has 0 atom stereocenters. The smallest absolute Gasteiger partial charge is 0.278 e. The number of aryl methyl sites for hydroxylation is 1. The van der Waals surface area contributed by atoms with Gasteiger partial charge < -0.3 is 5.32 Å². The summed E-state index contributed by atoms with van der Waals surface area (Å²) >= 11 is 0. The maximum absolute atomic E-state index is 12.6. The van der Waals surface area contributed by atoms with Crippen LogP contribution >= 0.6 is 0 Å². The Hall–Kier alpha value is -1.51. The van der Waals surface area contributed by atoms with Crippen LogP contribution in [0.4, 0.5) is 5.69 Å². The van der Waals surface area contributed by atoms with Crippen LogP contribution < -0.4 is 10.9 Å². The lowest BCUT2D eigenvalue weighted by molar-refractivity contribution is 0.534. The average molecular weight is 262 g/mol. The molecule has 3 nitrogen and oxygen atoms in total. The van der Waals surface area contributed by atoms with Gasteiger partial charge in [0.2, 0.25) is 0 Å². The summed E-state index contributed by atoms with van der Waals surface area (Å²) in [5, 5.41) is 3.25. The summed E-state index contributed by atoms with van der Waals surface area (Å²) in [6, 6.07) is 3.79. The van der Waals surface area contributed by atoms with Crippen molar-refractivity contribution in [2.45, 2.75) is 54.0 Å². The summed E-state index contributed by atoms with van der Waals surface area (Å²) in [6.45, 7) is 18.3. The molecule has 0 aliphatic rings. The van der Waals surface area contributed by atoms with Crippen molar-refractivity contribution < 1.29 is 0 Å². The molecule has 0 fully saturated rings. The third-order valence-electron chi connectivity index (χ3n) is 2.92. The van der Waals surface area contributed by atoms with E-state index in [1.165, 1.54) is 0 Å². The molecule has 0 bridgehead atoms. The first-order valence-corrected chi connectivity index (χ1v) is 6.64. The third-order valence-corrected chi connectivity index (χ3v) is 2.92. The van der Waals surface area contributed by atoms with Crippen LogP contribution in [0.3, 0.4) is 0 Å². The fraction of sp³-hybridized carbons (Fsp3) is 0.562. The van der Waals surface area contributed by atoms with Gasteiger partial charge >= 0.3 is 0 Å². The molecular formula is C16H26N2O. The van der Waals surface area contributed by atoms with Crippen molar-refractivity contribution in [2.75, 3.05) is 5.32 Å². The lowest BCUT2D eigenvalue weighted by atomic mass is 9.92. The number of hydrogen-bond acceptors (Lipinski definition) is 2. The fourth-order valence-electron chi connectivity index (χ4n) is 1.80. The molecule has 1 aromatic rings. The molecule has 19 heavy (non-hydrogen) atoms. The van der Waals surface area contributed by atoms with E-state index in [1.807, 2.05) is 39.8 Å². The first kappa shape index (κ1) is 15.5. The molecule has 0 unspecified atom stereocenters. The van der Waals surface area contributed by atoms with Gasteiger partial charge in [-0.25, -0.2) is 0 Å². The van der Waals surface area contributed by atoms with Crippen LogP contribution in [0, 0.1) is 12.3 Å². The Kier molecular flexibility index (Phi) is 3.99. The summed E-state index contributed by atoms with van der Waals surface area (Å²) in [6.07, 6.45) is 0. The number of rotatable bonds is 2. The highest BCUT2D eigenvalue weighted by Gasteiger charge is 2.21. The van der Waals surface area contributed by atoms with Gasteiger partial charge in [-0.15, -0.1) is 0 Å². The monoisotopic (exact) mass is 262 g/mol. The molecule has 0 aliphatic carbocycles. The second-order valence-corrected chi connectivity index (χ2v) is 7.10. The minimum absolute atomic E-state index is 0.0325. The summed E-state index contributed by atoms with van der Waals surface area (Å²) in [5.74, 6) is 0. The number of anilines is 1. The summed E-state index contributed by atoms with van der Waals surface area (Å²) in [7, 11) is 0. The van der Waals surface area contributed by atoms with E-state index in [0.717, 1.165) is 11.4 Å². The zero-order chi connectivity index (χ0) is 15.0. The van der Waals surface area contributed by atoms with E-state index in [9.17, 15) is 4.79 Å². The van der Waals surface area contributed by atoms with Crippen LogP contribution in [0.15, 0.2) is 23.5 Å². The lowest BCUT2D eigenvalue weighted by Gasteiger charge is -2.27. The van der Waals surface area contributed by atoms with Gasteiger partial charge in [0.25, 0.3) is 5.56 Å². The highest BCUT2D eigenvalue weighted by Crippen LogP contribution is 2.28. The number of hydrogen-bond donors (Lipinski definition) is 1. The predicted octanol–water partition coefficient (Wildman–Crippen LogP) is 3.88. The van der Waals surface area contributed by atoms with Crippen molar-refractivity contribution in [3.05, 3.63) is 34.8 Å².